The average Bonchev–Trinajstić information content (AvgIpc) is 2.97. The molecule has 0 spiro atoms. The van der Waals surface area contributed by atoms with Crippen molar-refractivity contribution in [3.8, 4) is 11.5 Å². The Balaban J connectivity index is 1.89. The van der Waals surface area contributed by atoms with E-state index in [9.17, 15) is 10.2 Å². The van der Waals surface area contributed by atoms with Crippen molar-refractivity contribution in [3.63, 3.8) is 0 Å². The summed E-state index contributed by atoms with van der Waals surface area (Å²) in [5.41, 5.74) is 0.783. The molecule has 0 aromatic heterocycles. The lowest BCUT2D eigenvalue weighted by Crippen LogP contribution is -2.20. The lowest BCUT2D eigenvalue weighted by atomic mass is 10.0. The third-order valence-corrected chi connectivity index (χ3v) is 4.18. The molecule has 0 bridgehead atoms. The molecule has 2 atom stereocenters. The number of methoxy groups -OCH3 is 1. The van der Waals surface area contributed by atoms with Gasteiger partial charge in [0.15, 0.2) is 11.5 Å². The van der Waals surface area contributed by atoms with Crippen molar-refractivity contribution < 1.29 is 19.7 Å². The minimum Gasteiger partial charge on any atom is -0.493 e. The Morgan fingerprint density at radius 1 is 1.19 bits per heavy atom. The topological polar surface area (TPSA) is 58.9 Å². The van der Waals surface area contributed by atoms with E-state index in [-0.39, 0.29) is 6.61 Å². The Labute approximate surface area is 126 Å². The Kier molecular flexibility index (Phi) is 5.88. The minimum absolute atomic E-state index is 0.279. The number of aliphatic hydroxyl groups excluding tert-OH is 2. The predicted octanol–water partition coefficient (Wildman–Crippen LogP) is 3.07. The van der Waals surface area contributed by atoms with Crippen molar-refractivity contribution >= 4 is 0 Å². The van der Waals surface area contributed by atoms with Crippen molar-refractivity contribution in [2.24, 2.45) is 5.92 Å². The molecule has 1 fully saturated rings. The van der Waals surface area contributed by atoms with Crippen molar-refractivity contribution in [3.05, 3.63) is 23.8 Å². The summed E-state index contributed by atoms with van der Waals surface area (Å²) in [5.74, 6) is 1.83. The van der Waals surface area contributed by atoms with Gasteiger partial charge in [0, 0.05) is 0 Å². The highest BCUT2D eigenvalue weighted by molar-refractivity contribution is 5.43. The van der Waals surface area contributed by atoms with E-state index in [1.807, 2.05) is 6.07 Å². The fraction of sp³-hybridized carbons (Fsp3) is 0.647. The second kappa shape index (κ2) is 7.66. The molecule has 2 unspecified atom stereocenters. The smallest absolute Gasteiger partial charge is 0.161 e. The van der Waals surface area contributed by atoms with E-state index in [0.717, 1.165) is 12.0 Å². The summed E-state index contributed by atoms with van der Waals surface area (Å²) in [6, 6.07) is 5.36. The number of hydrogen-bond donors (Lipinski definition) is 2. The van der Waals surface area contributed by atoms with Crippen LogP contribution in [0.1, 0.15) is 50.7 Å². The van der Waals surface area contributed by atoms with Crippen LogP contribution in [0, 0.1) is 5.92 Å². The number of aliphatic hydroxyl groups is 2. The van der Waals surface area contributed by atoms with Gasteiger partial charge in [0.1, 0.15) is 6.61 Å². The monoisotopic (exact) mass is 294 g/mol. The van der Waals surface area contributed by atoms with E-state index in [4.69, 9.17) is 9.47 Å². The van der Waals surface area contributed by atoms with Gasteiger partial charge < -0.3 is 19.7 Å². The van der Waals surface area contributed by atoms with Crippen molar-refractivity contribution in [1.29, 1.82) is 0 Å². The van der Waals surface area contributed by atoms with Gasteiger partial charge in [-0.05, 0) is 37.0 Å². The van der Waals surface area contributed by atoms with Crippen LogP contribution < -0.4 is 9.47 Å². The maximum atomic E-state index is 10.1. The molecule has 0 radical (unpaired) electrons. The maximum absolute atomic E-state index is 10.1. The molecule has 21 heavy (non-hydrogen) atoms. The van der Waals surface area contributed by atoms with Gasteiger partial charge in [0.25, 0.3) is 0 Å². The molecule has 0 amide bonds. The Morgan fingerprint density at radius 3 is 2.52 bits per heavy atom. The molecule has 1 saturated carbocycles. The van der Waals surface area contributed by atoms with E-state index >= 15 is 0 Å². The molecule has 4 nitrogen and oxygen atoms in total. The number of ether oxygens (including phenoxy) is 2. The second-order valence-electron chi connectivity index (χ2n) is 5.94. The molecule has 1 aliphatic carbocycles. The van der Waals surface area contributed by atoms with Crippen LogP contribution in [0.3, 0.4) is 0 Å². The van der Waals surface area contributed by atoms with Gasteiger partial charge in [-0.3, -0.25) is 0 Å². The molecule has 0 saturated heterocycles. The van der Waals surface area contributed by atoms with Crippen molar-refractivity contribution in [1.82, 2.24) is 0 Å². The average molecular weight is 294 g/mol. The highest BCUT2D eigenvalue weighted by Gasteiger charge is 2.19. The second-order valence-corrected chi connectivity index (χ2v) is 5.94. The fourth-order valence-electron chi connectivity index (χ4n) is 2.95. The zero-order valence-electron chi connectivity index (χ0n) is 12.9. The fourth-order valence-corrected chi connectivity index (χ4v) is 2.95. The third-order valence-electron chi connectivity index (χ3n) is 4.18. The molecule has 118 valence electrons. The van der Waals surface area contributed by atoms with Gasteiger partial charge >= 0.3 is 0 Å². The quantitative estimate of drug-likeness (QED) is 0.811. The Morgan fingerprint density at radius 2 is 1.90 bits per heavy atom. The number of rotatable bonds is 7. The van der Waals surface area contributed by atoms with Crippen molar-refractivity contribution in [2.75, 3.05) is 13.7 Å². The summed E-state index contributed by atoms with van der Waals surface area (Å²) in [7, 11) is 1.57. The summed E-state index contributed by atoms with van der Waals surface area (Å²) < 4.78 is 11.0. The van der Waals surface area contributed by atoms with Crippen LogP contribution >= 0.6 is 0 Å². The minimum atomic E-state index is -0.541. The molecule has 0 aliphatic heterocycles. The first kappa shape index (κ1) is 16.1. The number of benzene rings is 1. The zero-order chi connectivity index (χ0) is 15.2. The third kappa shape index (κ3) is 4.61. The SMILES string of the molecule is COc1cc(C(C)O)ccc1OCC(O)CC1CCCC1. The standard InChI is InChI=1S/C17H26O4/c1-12(18)14-7-8-16(17(10-14)20-2)21-11-15(19)9-13-5-3-4-6-13/h7-8,10,12-13,15,18-19H,3-6,9,11H2,1-2H3. The van der Waals surface area contributed by atoms with E-state index in [1.165, 1.54) is 25.7 Å². The predicted molar refractivity (Wildman–Crippen MR) is 81.7 cm³/mol. The van der Waals surface area contributed by atoms with Crippen LogP contribution in [-0.4, -0.2) is 30.0 Å². The molecule has 0 heterocycles. The van der Waals surface area contributed by atoms with Crippen LogP contribution in [0.15, 0.2) is 18.2 Å². The molecule has 1 aliphatic rings. The summed E-state index contributed by atoms with van der Waals surface area (Å²) in [5, 5.41) is 19.6. The molecule has 2 N–H and O–H groups in total. The van der Waals surface area contributed by atoms with E-state index in [0.29, 0.717) is 17.4 Å². The molecule has 4 heteroatoms. The van der Waals surface area contributed by atoms with Gasteiger partial charge in [-0.2, -0.15) is 0 Å². The molecular formula is C17H26O4. The number of hydrogen-bond acceptors (Lipinski definition) is 4. The highest BCUT2D eigenvalue weighted by Crippen LogP contribution is 2.31. The molecular weight excluding hydrogens is 268 g/mol. The largest absolute Gasteiger partial charge is 0.493 e. The highest BCUT2D eigenvalue weighted by atomic mass is 16.5. The van der Waals surface area contributed by atoms with Gasteiger partial charge in [-0.1, -0.05) is 31.7 Å². The lowest BCUT2D eigenvalue weighted by Gasteiger charge is -2.18. The van der Waals surface area contributed by atoms with Crippen molar-refractivity contribution in [2.45, 2.75) is 51.2 Å². The van der Waals surface area contributed by atoms with Crippen LogP contribution in [0.5, 0.6) is 11.5 Å². The summed E-state index contributed by atoms with van der Waals surface area (Å²) in [6.07, 6.45) is 4.86. The van der Waals surface area contributed by atoms with Crippen LogP contribution in [0.25, 0.3) is 0 Å². The van der Waals surface area contributed by atoms with Gasteiger partial charge in [0.2, 0.25) is 0 Å². The lowest BCUT2D eigenvalue weighted by molar-refractivity contribution is 0.0841. The van der Waals surface area contributed by atoms with Crippen LogP contribution in [0.4, 0.5) is 0 Å². The first-order chi connectivity index (χ1) is 10.1. The first-order valence-corrected chi connectivity index (χ1v) is 7.77. The summed E-state index contributed by atoms with van der Waals surface area (Å²) in [6.45, 7) is 1.99. The van der Waals surface area contributed by atoms with Gasteiger partial charge in [0.05, 0.1) is 19.3 Å². The van der Waals surface area contributed by atoms with Gasteiger partial charge in [-0.15, -0.1) is 0 Å². The van der Waals surface area contributed by atoms with Crippen LogP contribution in [-0.2, 0) is 0 Å². The first-order valence-electron chi connectivity index (χ1n) is 7.77. The van der Waals surface area contributed by atoms with E-state index < -0.39 is 12.2 Å². The maximum Gasteiger partial charge on any atom is 0.161 e. The molecule has 2 rings (SSSR count). The molecule has 1 aromatic carbocycles. The Bertz CT molecular complexity index is 438. The summed E-state index contributed by atoms with van der Waals surface area (Å²) in [4.78, 5) is 0. The summed E-state index contributed by atoms with van der Waals surface area (Å²) >= 11 is 0. The van der Waals surface area contributed by atoms with Gasteiger partial charge in [-0.25, -0.2) is 0 Å². The zero-order valence-corrected chi connectivity index (χ0v) is 12.9. The normalized spacial score (nSPS) is 18.5. The van der Waals surface area contributed by atoms with Crippen LogP contribution in [0.2, 0.25) is 0 Å². The van der Waals surface area contributed by atoms with E-state index in [2.05, 4.69) is 0 Å². The van der Waals surface area contributed by atoms with E-state index in [1.54, 1.807) is 26.2 Å². The molecule has 1 aromatic rings. The Hall–Kier alpha value is -1.26.